The Balaban J connectivity index is 2.45. The van der Waals surface area contributed by atoms with Gasteiger partial charge in [0.1, 0.15) is 5.56 Å². The molecule has 1 aromatic rings. The van der Waals surface area contributed by atoms with E-state index in [2.05, 4.69) is 0 Å². The van der Waals surface area contributed by atoms with Gasteiger partial charge in [0.15, 0.2) is 0 Å². The molecule has 0 bridgehead atoms. The fourth-order valence-electron chi connectivity index (χ4n) is 2.47. The Morgan fingerprint density at radius 2 is 2.10 bits per heavy atom. The Kier molecular flexibility index (Phi) is 4.06. The molecule has 116 valence electrons. The summed E-state index contributed by atoms with van der Waals surface area (Å²) in [7, 11) is 0. The van der Waals surface area contributed by atoms with Crippen molar-refractivity contribution in [1.82, 2.24) is 0 Å². The lowest BCUT2D eigenvalue weighted by molar-refractivity contribution is -0.388. The SMILES string of the molecule is O=[N+]([O-])c1ccc(N2CC(O)CC2CO)cc1C(F)(F)F. The maximum atomic E-state index is 12.9. The molecule has 0 aliphatic carbocycles. The standard InChI is InChI=1S/C12H13F3N2O4/c13-12(14,15)10-4-7(1-2-11(10)17(20)21)16-5-9(19)3-8(16)6-18/h1-2,4,8-9,18-19H,3,5-6H2. The first kappa shape index (κ1) is 15.5. The molecule has 0 spiro atoms. The van der Waals surface area contributed by atoms with Crippen LogP contribution in [0.5, 0.6) is 0 Å². The second kappa shape index (κ2) is 5.49. The molecule has 0 aromatic heterocycles. The van der Waals surface area contributed by atoms with E-state index in [1.54, 1.807) is 0 Å². The molecule has 2 unspecified atom stereocenters. The van der Waals surface area contributed by atoms with Crippen molar-refractivity contribution in [1.29, 1.82) is 0 Å². The van der Waals surface area contributed by atoms with Gasteiger partial charge in [0.25, 0.3) is 5.69 Å². The maximum Gasteiger partial charge on any atom is 0.423 e. The van der Waals surface area contributed by atoms with Crippen molar-refractivity contribution in [2.24, 2.45) is 0 Å². The minimum atomic E-state index is -4.86. The third-order valence-electron chi connectivity index (χ3n) is 3.42. The minimum absolute atomic E-state index is 0.0698. The Morgan fingerprint density at radius 3 is 2.62 bits per heavy atom. The smallest absolute Gasteiger partial charge is 0.394 e. The van der Waals surface area contributed by atoms with Crippen LogP contribution in [0.15, 0.2) is 18.2 Å². The number of aliphatic hydroxyl groups is 2. The number of nitrogens with zero attached hydrogens (tertiary/aromatic N) is 2. The van der Waals surface area contributed by atoms with Crippen LogP contribution < -0.4 is 4.90 Å². The number of benzene rings is 1. The van der Waals surface area contributed by atoms with Gasteiger partial charge in [-0.05, 0) is 18.6 Å². The van der Waals surface area contributed by atoms with Crippen LogP contribution in [0.3, 0.4) is 0 Å². The molecule has 1 aliphatic rings. The van der Waals surface area contributed by atoms with Gasteiger partial charge in [-0.15, -0.1) is 0 Å². The van der Waals surface area contributed by atoms with Gasteiger partial charge in [-0.2, -0.15) is 13.2 Å². The molecule has 21 heavy (non-hydrogen) atoms. The predicted molar refractivity (Wildman–Crippen MR) is 66.9 cm³/mol. The van der Waals surface area contributed by atoms with Crippen LogP contribution in [0.2, 0.25) is 0 Å². The second-order valence-corrected chi connectivity index (χ2v) is 4.83. The number of nitro benzene ring substituents is 1. The highest BCUT2D eigenvalue weighted by Gasteiger charge is 2.40. The molecule has 0 saturated carbocycles. The van der Waals surface area contributed by atoms with E-state index < -0.39 is 34.5 Å². The zero-order valence-electron chi connectivity index (χ0n) is 10.7. The van der Waals surface area contributed by atoms with Crippen LogP contribution in [-0.4, -0.2) is 40.4 Å². The fourth-order valence-corrected chi connectivity index (χ4v) is 2.47. The molecule has 1 aliphatic heterocycles. The zero-order valence-corrected chi connectivity index (χ0v) is 10.7. The van der Waals surface area contributed by atoms with Crippen LogP contribution in [0, 0.1) is 10.1 Å². The molecular formula is C12H13F3N2O4. The third-order valence-corrected chi connectivity index (χ3v) is 3.42. The highest BCUT2D eigenvalue weighted by Crippen LogP contribution is 2.39. The summed E-state index contributed by atoms with van der Waals surface area (Å²) in [5.74, 6) is 0. The Morgan fingerprint density at radius 1 is 1.43 bits per heavy atom. The Bertz CT molecular complexity index is 550. The van der Waals surface area contributed by atoms with Gasteiger partial charge in [0, 0.05) is 18.3 Å². The van der Waals surface area contributed by atoms with E-state index in [9.17, 15) is 33.5 Å². The number of β-amino-alcohol motifs (C(OH)–C–C–N with tert-alkyl or cyclic N) is 1. The molecule has 0 radical (unpaired) electrons. The summed E-state index contributed by atoms with van der Waals surface area (Å²) in [4.78, 5) is 11.0. The highest BCUT2D eigenvalue weighted by molar-refractivity contribution is 5.58. The van der Waals surface area contributed by atoms with Gasteiger partial charge < -0.3 is 15.1 Å². The number of nitro groups is 1. The predicted octanol–water partition coefficient (Wildman–Crippen LogP) is 1.55. The number of alkyl halides is 3. The molecule has 6 nitrogen and oxygen atoms in total. The molecule has 1 heterocycles. The molecule has 0 amide bonds. The normalized spacial score (nSPS) is 22.6. The Labute approximate surface area is 117 Å². The minimum Gasteiger partial charge on any atom is -0.394 e. The molecule has 9 heteroatoms. The van der Waals surface area contributed by atoms with Gasteiger partial charge >= 0.3 is 6.18 Å². The summed E-state index contributed by atoms with van der Waals surface area (Å²) < 4.78 is 38.7. The average Bonchev–Trinajstić information content (AvgIpc) is 2.78. The largest absolute Gasteiger partial charge is 0.423 e. The first-order valence-corrected chi connectivity index (χ1v) is 6.15. The highest BCUT2D eigenvalue weighted by atomic mass is 19.4. The summed E-state index contributed by atoms with van der Waals surface area (Å²) in [6, 6.07) is 2.15. The summed E-state index contributed by atoms with van der Waals surface area (Å²) in [6.07, 6.45) is -5.38. The Hall–Kier alpha value is -1.87. The van der Waals surface area contributed by atoms with E-state index in [0.717, 1.165) is 6.07 Å². The van der Waals surface area contributed by atoms with E-state index in [0.29, 0.717) is 6.07 Å². The van der Waals surface area contributed by atoms with E-state index >= 15 is 0 Å². The molecule has 1 aromatic carbocycles. The van der Waals surface area contributed by atoms with Gasteiger partial charge in [0.2, 0.25) is 0 Å². The number of anilines is 1. The van der Waals surface area contributed by atoms with Crippen LogP contribution in [0.25, 0.3) is 0 Å². The van der Waals surface area contributed by atoms with Crippen LogP contribution >= 0.6 is 0 Å². The number of hydrogen-bond acceptors (Lipinski definition) is 5. The fraction of sp³-hybridized carbons (Fsp3) is 0.500. The molecule has 2 rings (SSSR count). The summed E-state index contributed by atoms with van der Waals surface area (Å²) in [5.41, 5.74) is -2.28. The monoisotopic (exact) mass is 306 g/mol. The van der Waals surface area contributed by atoms with Gasteiger partial charge in [-0.3, -0.25) is 10.1 Å². The third kappa shape index (κ3) is 3.08. The second-order valence-electron chi connectivity index (χ2n) is 4.83. The van der Waals surface area contributed by atoms with Crippen molar-refractivity contribution in [3.8, 4) is 0 Å². The van der Waals surface area contributed by atoms with E-state index in [1.165, 1.54) is 11.0 Å². The lowest BCUT2D eigenvalue weighted by atomic mass is 10.1. The number of rotatable bonds is 3. The van der Waals surface area contributed by atoms with Gasteiger partial charge in [-0.25, -0.2) is 0 Å². The molecular weight excluding hydrogens is 293 g/mol. The molecule has 1 fully saturated rings. The van der Waals surface area contributed by atoms with Crippen LogP contribution in [0.4, 0.5) is 24.5 Å². The molecule has 1 saturated heterocycles. The number of hydrogen-bond donors (Lipinski definition) is 2. The molecule has 2 atom stereocenters. The zero-order chi connectivity index (χ0) is 15.8. The van der Waals surface area contributed by atoms with Gasteiger partial charge in [-0.1, -0.05) is 0 Å². The number of halogens is 3. The van der Waals surface area contributed by atoms with Crippen molar-refractivity contribution >= 4 is 11.4 Å². The average molecular weight is 306 g/mol. The quantitative estimate of drug-likeness (QED) is 0.653. The van der Waals surface area contributed by atoms with Crippen molar-refractivity contribution in [2.45, 2.75) is 24.7 Å². The van der Waals surface area contributed by atoms with Crippen molar-refractivity contribution in [2.75, 3.05) is 18.1 Å². The first-order valence-electron chi connectivity index (χ1n) is 6.15. The maximum absolute atomic E-state index is 12.9. The summed E-state index contributed by atoms with van der Waals surface area (Å²) >= 11 is 0. The van der Waals surface area contributed by atoms with Crippen molar-refractivity contribution in [3.05, 3.63) is 33.9 Å². The first-order chi connectivity index (χ1) is 9.74. The topological polar surface area (TPSA) is 86.8 Å². The van der Waals surface area contributed by atoms with Crippen molar-refractivity contribution in [3.63, 3.8) is 0 Å². The molecule has 2 N–H and O–H groups in total. The lowest BCUT2D eigenvalue weighted by Gasteiger charge is -2.25. The number of aliphatic hydroxyl groups excluding tert-OH is 2. The summed E-state index contributed by atoms with van der Waals surface area (Å²) in [6.45, 7) is -0.254. The van der Waals surface area contributed by atoms with Gasteiger partial charge in [0.05, 0.1) is 23.7 Å². The van der Waals surface area contributed by atoms with E-state index in [4.69, 9.17) is 0 Å². The van der Waals surface area contributed by atoms with Crippen LogP contribution in [-0.2, 0) is 6.18 Å². The van der Waals surface area contributed by atoms with E-state index in [-0.39, 0.29) is 25.3 Å². The van der Waals surface area contributed by atoms with Crippen molar-refractivity contribution < 1.29 is 28.3 Å². The lowest BCUT2D eigenvalue weighted by Crippen LogP contribution is -2.32. The van der Waals surface area contributed by atoms with E-state index in [1.807, 2.05) is 0 Å². The summed E-state index contributed by atoms with van der Waals surface area (Å²) in [5, 5.41) is 29.4. The van der Waals surface area contributed by atoms with Crippen LogP contribution in [0.1, 0.15) is 12.0 Å².